The summed E-state index contributed by atoms with van der Waals surface area (Å²) >= 11 is 0. The molecule has 0 aliphatic carbocycles. The van der Waals surface area contributed by atoms with Crippen molar-refractivity contribution in [3.8, 4) is 5.69 Å². The Balaban J connectivity index is 1.75. The number of anilines is 1. The largest absolute Gasteiger partial charge is 0.306 e. The molecule has 154 valence electrons. The fourth-order valence-electron chi connectivity index (χ4n) is 3.44. The van der Waals surface area contributed by atoms with E-state index in [2.05, 4.69) is 36.2 Å². The van der Waals surface area contributed by atoms with Crippen molar-refractivity contribution in [2.75, 3.05) is 5.32 Å². The van der Waals surface area contributed by atoms with E-state index in [1.165, 1.54) is 0 Å². The Morgan fingerprint density at radius 1 is 1.07 bits per heavy atom. The van der Waals surface area contributed by atoms with Crippen LogP contribution >= 0.6 is 0 Å². The zero-order chi connectivity index (χ0) is 21.6. The number of hydrogen-bond donors (Lipinski definition) is 1. The van der Waals surface area contributed by atoms with Crippen molar-refractivity contribution in [3.63, 3.8) is 0 Å². The highest BCUT2D eigenvalue weighted by atomic mass is 16.1. The lowest BCUT2D eigenvalue weighted by Gasteiger charge is -2.14. The maximum absolute atomic E-state index is 13.1. The van der Waals surface area contributed by atoms with Crippen molar-refractivity contribution < 1.29 is 4.79 Å². The summed E-state index contributed by atoms with van der Waals surface area (Å²) in [6.07, 6.45) is 1.58. The predicted molar refractivity (Wildman–Crippen MR) is 118 cm³/mol. The van der Waals surface area contributed by atoms with E-state index in [0.29, 0.717) is 11.4 Å². The summed E-state index contributed by atoms with van der Waals surface area (Å²) in [5.41, 5.74) is 4.83. The summed E-state index contributed by atoms with van der Waals surface area (Å²) in [4.78, 5) is 17.5. The first kappa shape index (κ1) is 19.8. The number of carbonyl (C=O) groups is 1. The summed E-state index contributed by atoms with van der Waals surface area (Å²) in [5.74, 6) is 0.394. The van der Waals surface area contributed by atoms with Crippen molar-refractivity contribution in [2.24, 2.45) is 7.05 Å². The molecular weight excluding hydrogens is 376 g/mol. The van der Waals surface area contributed by atoms with Crippen molar-refractivity contribution in [2.45, 2.75) is 40.0 Å². The van der Waals surface area contributed by atoms with E-state index in [1.807, 2.05) is 57.3 Å². The molecule has 7 nitrogen and oxygen atoms in total. The number of aromatic nitrogens is 5. The molecule has 0 aliphatic rings. The van der Waals surface area contributed by atoms with Gasteiger partial charge in [-0.15, -0.1) is 0 Å². The highest BCUT2D eigenvalue weighted by molar-refractivity contribution is 6.05. The van der Waals surface area contributed by atoms with E-state index < -0.39 is 0 Å². The van der Waals surface area contributed by atoms with Crippen molar-refractivity contribution in [1.82, 2.24) is 24.5 Å². The molecule has 7 heteroatoms. The summed E-state index contributed by atoms with van der Waals surface area (Å²) in [6.45, 7) is 10.3. The average Bonchev–Trinajstić information content (AvgIpc) is 3.23. The number of hydrogen-bond acceptors (Lipinski definition) is 4. The van der Waals surface area contributed by atoms with Gasteiger partial charge in [0.1, 0.15) is 5.82 Å². The molecule has 0 saturated carbocycles. The van der Waals surface area contributed by atoms with Crippen molar-refractivity contribution >= 4 is 22.8 Å². The number of fused-ring (bicyclic) bond motifs is 1. The lowest BCUT2D eigenvalue weighted by Crippen LogP contribution is -2.16. The fraction of sp³-hybridized carbons (Fsp3) is 0.304. The second kappa shape index (κ2) is 7.09. The van der Waals surface area contributed by atoms with Crippen LogP contribution in [0.25, 0.3) is 16.7 Å². The normalized spacial score (nSPS) is 11.8. The predicted octanol–water partition coefficient (Wildman–Crippen LogP) is 4.32. The van der Waals surface area contributed by atoms with Crippen LogP contribution in [0.15, 0.2) is 42.6 Å². The van der Waals surface area contributed by atoms with Gasteiger partial charge in [-0.05, 0) is 31.5 Å². The Labute approximate surface area is 175 Å². The second-order valence-corrected chi connectivity index (χ2v) is 8.62. The molecule has 1 aromatic carbocycles. The monoisotopic (exact) mass is 402 g/mol. The third kappa shape index (κ3) is 3.47. The van der Waals surface area contributed by atoms with Gasteiger partial charge < -0.3 is 5.32 Å². The van der Waals surface area contributed by atoms with Gasteiger partial charge in [-0.2, -0.15) is 10.2 Å². The second-order valence-electron chi connectivity index (χ2n) is 8.62. The molecule has 4 rings (SSSR count). The van der Waals surface area contributed by atoms with Crippen LogP contribution < -0.4 is 5.32 Å². The van der Waals surface area contributed by atoms with Crippen LogP contribution in [0.5, 0.6) is 0 Å². The third-order valence-corrected chi connectivity index (χ3v) is 5.19. The third-order valence-electron chi connectivity index (χ3n) is 5.19. The van der Waals surface area contributed by atoms with Crippen LogP contribution in [0.2, 0.25) is 0 Å². The molecule has 1 amide bonds. The van der Waals surface area contributed by atoms with Gasteiger partial charge >= 0.3 is 0 Å². The molecular formula is C23H26N6O. The zero-order valence-electron chi connectivity index (χ0n) is 18.2. The molecule has 3 aromatic heterocycles. The summed E-state index contributed by atoms with van der Waals surface area (Å²) in [5, 5.41) is 13.1. The molecule has 1 N–H and O–H groups in total. The van der Waals surface area contributed by atoms with E-state index in [1.54, 1.807) is 15.6 Å². The number of nitrogens with one attached hydrogen (secondary N) is 1. The first-order chi connectivity index (χ1) is 14.1. The number of rotatable bonds is 3. The zero-order valence-corrected chi connectivity index (χ0v) is 18.2. The van der Waals surface area contributed by atoms with Crippen LogP contribution in [0.1, 0.15) is 48.1 Å². The van der Waals surface area contributed by atoms with Gasteiger partial charge in [0.15, 0.2) is 5.65 Å². The number of carbonyl (C=O) groups excluding carboxylic acids is 1. The number of aryl methyl sites for hydroxylation is 3. The van der Waals surface area contributed by atoms with Gasteiger partial charge in [-0.3, -0.25) is 9.48 Å². The minimum Gasteiger partial charge on any atom is -0.306 e. The van der Waals surface area contributed by atoms with E-state index in [9.17, 15) is 4.79 Å². The molecule has 0 fully saturated rings. The number of nitrogens with zero attached hydrogens (tertiary/aromatic N) is 5. The quantitative estimate of drug-likeness (QED) is 0.554. The molecule has 30 heavy (non-hydrogen) atoms. The summed E-state index contributed by atoms with van der Waals surface area (Å²) in [6, 6.07) is 11.8. The fourth-order valence-corrected chi connectivity index (χ4v) is 3.44. The molecule has 3 heterocycles. The molecule has 0 aliphatic heterocycles. The molecule has 0 radical (unpaired) electrons. The van der Waals surface area contributed by atoms with Gasteiger partial charge in [-0.25, -0.2) is 9.67 Å². The molecule has 0 saturated heterocycles. The number of amides is 1. The number of para-hydroxylation sites is 1. The Morgan fingerprint density at radius 3 is 2.50 bits per heavy atom. The van der Waals surface area contributed by atoms with Gasteiger partial charge in [-0.1, -0.05) is 39.0 Å². The number of benzene rings is 1. The molecule has 0 spiro atoms. The minimum atomic E-state index is -0.233. The maximum atomic E-state index is 13.1. The molecule has 0 atom stereocenters. The highest BCUT2D eigenvalue weighted by Crippen LogP contribution is 2.28. The standard InChI is InChI=1S/C23H26N6O/c1-14-9-7-8-10-18(14)29-20(12-19(27-29)23(3,4)5)25-22(30)16-11-17-15(2)26-28(6)21(17)24-13-16/h7-13H,1-6H3,(H,25,30). The highest BCUT2D eigenvalue weighted by Gasteiger charge is 2.22. The summed E-state index contributed by atoms with van der Waals surface area (Å²) < 4.78 is 3.52. The summed E-state index contributed by atoms with van der Waals surface area (Å²) in [7, 11) is 1.84. The first-order valence-electron chi connectivity index (χ1n) is 9.92. The SMILES string of the molecule is Cc1ccccc1-n1nc(C(C)(C)C)cc1NC(=O)c1cnc2c(c1)c(C)nn2C. The van der Waals surface area contributed by atoms with Crippen LogP contribution in [0.4, 0.5) is 5.82 Å². The van der Waals surface area contributed by atoms with Gasteiger partial charge in [0.2, 0.25) is 0 Å². The van der Waals surface area contributed by atoms with Crippen LogP contribution in [-0.2, 0) is 12.5 Å². The van der Waals surface area contributed by atoms with Crippen LogP contribution in [0.3, 0.4) is 0 Å². The van der Waals surface area contributed by atoms with Crippen LogP contribution in [0, 0.1) is 13.8 Å². The molecule has 0 bridgehead atoms. The topological polar surface area (TPSA) is 77.6 Å². The first-order valence-corrected chi connectivity index (χ1v) is 9.92. The smallest absolute Gasteiger partial charge is 0.258 e. The van der Waals surface area contributed by atoms with E-state index in [4.69, 9.17) is 5.10 Å². The lowest BCUT2D eigenvalue weighted by atomic mass is 9.92. The van der Waals surface area contributed by atoms with Gasteiger partial charge in [0.05, 0.1) is 22.6 Å². The Morgan fingerprint density at radius 2 is 1.80 bits per heavy atom. The average molecular weight is 403 g/mol. The lowest BCUT2D eigenvalue weighted by molar-refractivity contribution is 0.102. The Kier molecular flexibility index (Phi) is 4.68. The maximum Gasteiger partial charge on any atom is 0.258 e. The molecule has 0 unspecified atom stereocenters. The Bertz CT molecular complexity index is 1260. The number of pyridine rings is 1. The van der Waals surface area contributed by atoms with E-state index >= 15 is 0 Å². The van der Waals surface area contributed by atoms with Gasteiger partial charge in [0, 0.05) is 30.1 Å². The molecule has 4 aromatic rings. The van der Waals surface area contributed by atoms with Crippen LogP contribution in [-0.4, -0.2) is 30.5 Å². The Hall–Kier alpha value is -3.48. The van der Waals surface area contributed by atoms with E-state index in [-0.39, 0.29) is 11.3 Å². The van der Waals surface area contributed by atoms with Crippen molar-refractivity contribution in [1.29, 1.82) is 0 Å². The van der Waals surface area contributed by atoms with Crippen molar-refractivity contribution in [3.05, 3.63) is 65.1 Å². The minimum absolute atomic E-state index is 0.152. The van der Waals surface area contributed by atoms with E-state index in [0.717, 1.165) is 33.7 Å². The van der Waals surface area contributed by atoms with Gasteiger partial charge in [0.25, 0.3) is 5.91 Å².